The molecule has 3 aromatic carbocycles. The topological polar surface area (TPSA) is 70.9 Å². The van der Waals surface area contributed by atoms with E-state index < -0.39 is 11.9 Å². The number of aromatic amines is 1. The average Bonchev–Trinajstić information content (AvgIpc) is 3.19. The molecular formula is C25H23N3O2S2. The molecule has 2 N–H and O–H groups in total. The quantitative estimate of drug-likeness (QED) is 0.240. The predicted octanol–water partition coefficient (Wildman–Crippen LogP) is 6.26. The summed E-state index contributed by atoms with van der Waals surface area (Å²) in [5, 5.41) is 16.7. The Labute approximate surface area is 196 Å². The Morgan fingerprint density at radius 2 is 1.75 bits per heavy atom. The summed E-state index contributed by atoms with van der Waals surface area (Å²) in [5.74, 6) is 0.242. The average molecular weight is 462 g/mol. The van der Waals surface area contributed by atoms with Crippen molar-refractivity contribution in [1.29, 1.82) is 0 Å². The van der Waals surface area contributed by atoms with Gasteiger partial charge in [0.15, 0.2) is 10.6 Å². The molecule has 0 amide bonds. The van der Waals surface area contributed by atoms with Crippen LogP contribution >= 0.6 is 24.0 Å². The third kappa shape index (κ3) is 5.00. The van der Waals surface area contributed by atoms with Crippen molar-refractivity contribution in [3.05, 3.63) is 89.2 Å². The summed E-state index contributed by atoms with van der Waals surface area (Å²) in [4.78, 5) is 12.3. The lowest BCUT2D eigenvalue weighted by Gasteiger charge is -2.10. The highest BCUT2D eigenvalue weighted by Gasteiger charge is 2.14. The maximum absolute atomic E-state index is 11.3. The second-order valence-corrected chi connectivity index (χ2v) is 8.99. The molecule has 0 aliphatic carbocycles. The molecule has 1 aromatic heterocycles. The first kappa shape index (κ1) is 22.0. The van der Waals surface area contributed by atoms with Gasteiger partial charge in [0.05, 0.1) is 5.92 Å². The van der Waals surface area contributed by atoms with Crippen LogP contribution in [0.15, 0.2) is 83.8 Å². The Kier molecular flexibility index (Phi) is 6.87. The number of carboxylic acids is 1. The SMILES string of the molecule is CC(C(=O)O)c1cccc(SCCn2c(-c3cccc(-c4ccccc4)c3)n[nH]c2=S)c1. The summed E-state index contributed by atoms with van der Waals surface area (Å²) in [6, 6.07) is 26.2. The number of carbonyl (C=O) groups is 1. The zero-order valence-electron chi connectivity index (χ0n) is 17.6. The summed E-state index contributed by atoms with van der Waals surface area (Å²) in [6.45, 7) is 2.39. The first-order valence-corrected chi connectivity index (χ1v) is 11.7. The van der Waals surface area contributed by atoms with E-state index in [4.69, 9.17) is 12.2 Å². The molecule has 0 fully saturated rings. The van der Waals surface area contributed by atoms with Crippen LogP contribution in [-0.4, -0.2) is 31.6 Å². The van der Waals surface area contributed by atoms with Gasteiger partial charge in [0.2, 0.25) is 0 Å². The molecule has 7 heteroatoms. The fourth-order valence-electron chi connectivity index (χ4n) is 3.48. The zero-order valence-corrected chi connectivity index (χ0v) is 19.2. The molecule has 1 atom stereocenters. The highest BCUT2D eigenvalue weighted by Crippen LogP contribution is 2.27. The Hall–Kier alpha value is -3.16. The molecule has 0 radical (unpaired) electrons. The summed E-state index contributed by atoms with van der Waals surface area (Å²) in [6.07, 6.45) is 0. The summed E-state index contributed by atoms with van der Waals surface area (Å²) >= 11 is 7.16. The zero-order chi connectivity index (χ0) is 22.5. The molecule has 0 saturated heterocycles. The molecule has 0 saturated carbocycles. The number of hydrogen-bond acceptors (Lipinski definition) is 4. The molecule has 1 unspecified atom stereocenters. The molecule has 4 aromatic rings. The van der Waals surface area contributed by atoms with Crippen molar-refractivity contribution >= 4 is 29.9 Å². The number of nitrogens with one attached hydrogen (secondary N) is 1. The molecule has 0 spiro atoms. The normalized spacial score (nSPS) is 11.9. The Morgan fingerprint density at radius 3 is 2.53 bits per heavy atom. The van der Waals surface area contributed by atoms with Gasteiger partial charge in [-0.05, 0) is 54.0 Å². The molecule has 0 bridgehead atoms. The lowest BCUT2D eigenvalue weighted by atomic mass is 10.0. The van der Waals surface area contributed by atoms with Crippen molar-refractivity contribution in [3.8, 4) is 22.5 Å². The van der Waals surface area contributed by atoms with Crippen LogP contribution < -0.4 is 0 Å². The minimum atomic E-state index is -0.820. The van der Waals surface area contributed by atoms with E-state index in [0.717, 1.165) is 38.7 Å². The number of hydrogen-bond donors (Lipinski definition) is 2. The Bertz CT molecular complexity index is 1280. The monoisotopic (exact) mass is 461 g/mol. The lowest BCUT2D eigenvalue weighted by molar-refractivity contribution is -0.138. The first-order chi connectivity index (χ1) is 15.5. The molecule has 32 heavy (non-hydrogen) atoms. The van der Waals surface area contributed by atoms with Crippen LogP contribution in [0.3, 0.4) is 0 Å². The maximum Gasteiger partial charge on any atom is 0.310 e. The fourth-order valence-corrected chi connectivity index (χ4v) is 4.61. The van der Waals surface area contributed by atoms with E-state index in [1.54, 1.807) is 18.7 Å². The van der Waals surface area contributed by atoms with Crippen molar-refractivity contribution in [2.45, 2.75) is 24.3 Å². The summed E-state index contributed by atoms with van der Waals surface area (Å²) < 4.78 is 2.59. The minimum Gasteiger partial charge on any atom is -0.481 e. The van der Waals surface area contributed by atoms with Crippen molar-refractivity contribution in [1.82, 2.24) is 14.8 Å². The van der Waals surface area contributed by atoms with Crippen LogP contribution in [0.5, 0.6) is 0 Å². The highest BCUT2D eigenvalue weighted by molar-refractivity contribution is 7.99. The fraction of sp³-hybridized carbons (Fsp3) is 0.160. The second-order valence-electron chi connectivity index (χ2n) is 7.43. The van der Waals surface area contributed by atoms with Gasteiger partial charge < -0.3 is 5.11 Å². The van der Waals surface area contributed by atoms with Gasteiger partial charge in [-0.3, -0.25) is 14.5 Å². The minimum absolute atomic E-state index is 0.526. The second kappa shape index (κ2) is 9.97. The van der Waals surface area contributed by atoms with Crippen molar-refractivity contribution in [2.24, 2.45) is 0 Å². The number of carboxylic acid groups (broad SMARTS) is 1. The van der Waals surface area contributed by atoms with Gasteiger partial charge in [-0.2, -0.15) is 5.10 Å². The molecule has 0 aliphatic rings. The van der Waals surface area contributed by atoms with Crippen LogP contribution in [0, 0.1) is 4.77 Å². The Balaban J connectivity index is 1.51. The van der Waals surface area contributed by atoms with E-state index in [9.17, 15) is 9.90 Å². The molecular weight excluding hydrogens is 438 g/mol. The first-order valence-electron chi connectivity index (χ1n) is 10.3. The van der Waals surface area contributed by atoms with Gasteiger partial charge in [-0.15, -0.1) is 11.8 Å². The van der Waals surface area contributed by atoms with Crippen molar-refractivity contribution in [3.63, 3.8) is 0 Å². The maximum atomic E-state index is 11.3. The number of H-pyrrole nitrogens is 1. The third-order valence-corrected chi connectivity index (χ3v) is 6.58. The van der Waals surface area contributed by atoms with E-state index in [2.05, 4.69) is 34.5 Å². The van der Waals surface area contributed by atoms with Gasteiger partial charge in [0.1, 0.15) is 0 Å². The van der Waals surface area contributed by atoms with E-state index in [0.29, 0.717) is 11.3 Å². The van der Waals surface area contributed by atoms with Crippen LogP contribution in [0.4, 0.5) is 0 Å². The number of nitrogens with zero attached hydrogens (tertiary/aromatic N) is 2. The summed E-state index contributed by atoms with van der Waals surface area (Å²) in [5.41, 5.74) is 4.09. The van der Waals surface area contributed by atoms with Gasteiger partial charge in [-0.25, -0.2) is 0 Å². The standard InChI is InChI=1S/C25H23N3O2S2/c1-17(24(29)30)19-9-6-12-22(16-19)32-14-13-28-23(26-27-25(28)31)21-11-5-10-20(15-21)18-7-3-2-4-8-18/h2-12,15-17H,13-14H2,1H3,(H,27,31)(H,29,30). The van der Waals surface area contributed by atoms with E-state index in [1.165, 1.54) is 0 Å². The smallest absolute Gasteiger partial charge is 0.310 e. The van der Waals surface area contributed by atoms with Gasteiger partial charge >= 0.3 is 5.97 Å². The van der Waals surface area contributed by atoms with Crippen LogP contribution in [0.1, 0.15) is 18.4 Å². The van der Waals surface area contributed by atoms with E-state index in [1.807, 2.05) is 59.2 Å². The number of aromatic nitrogens is 3. The number of thioether (sulfide) groups is 1. The third-order valence-electron chi connectivity index (χ3n) is 5.30. The lowest BCUT2D eigenvalue weighted by Crippen LogP contribution is -2.07. The predicted molar refractivity (Wildman–Crippen MR) is 132 cm³/mol. The molecule has 5 nitrogen and oxygen atoms in total. The number of rotatable bonds is 8. The van der Waals surface area contributed by atoms with Crippen LogP contribution in [0.25, 0.3) is 22.5 Å². The summed E-state index contributed by atoms with van der Waals surface area (Å²) in [7, 11) is 0. The molecule has 162 valence electrons. The van der Waals surface area contributed by atoms with Crippen molar-refractivity contribution in [2.75, 3.05) is 5.75 Å². The molecule has 0 aliphatic heterocycles. The van der Waals surface area contributed by atoms with Gasteiger partial charge in [0, 0.05) is 22.8 Å². The van der Waals surface area contributed by atoms with Gasteiger partial charge in [-0.1, -0.05) is 60.7 Å². The Morgan fingerprint density at radius 1 is 1.03 bits per heavy atom. The highest BCUT2D eigenvalue weighted by atomic mass is 32.2. The van der Waals surface area contributed by atoms with Crippen LogP contribution in [-0.2, 0) is 11.3 Å². The number of benzene rings is 3. The van der Waals surface area contributed by atoms with E-state index >= 15 is 0 Å². The molecule has 1 heterocycles. The van der Waals surface area contributed by atoms with Crippen LogP contribution in [0.2, 0.25) is 0 Å². The van der Waals surface area contributed by atoms with E-state index in [-0.39, 0.29) is 0 Å². The van der Waals surface area contributed by atoms with Gasteiger partial charge in [0.25, 0.3) is 0 Å². The molecule has 4 rings (SSSR count). The van der Waals surface area contributed by atoms with Crippen molar-refractivity contribution < 1.29 is 9.90 Å². The number of aliphatic carboxylic acids is 1. The largest absolute Gasteiger partial charge is 0.481 e.